The first kappa shape index (κ1) is 23.1. The van der Waals surface area contributed by atoms with Gasteiger partial charge in [0, 0.05) is 46.3 Å². The van der Waals surface area contributed by atoms with Crippen LogP contribution in [-0.4, -0.2) is 60.1 Å². The van der Waals surface area contributed by atoms with Gasteiger partial charge in [-0.3, -0.25) is 9.36 Å². The Balaban J connectivity index is 1.38. The van der Waals surface area contributed by atoms with Crippen molar-refractivity contribution in [3.05, 3.63) is 40.5 Å². The molecule has 0 bridgehead atoms. The zero-order chi connectivity index (χ0) is 23.6. The van der Waals surface area contributed by atoms with E-state index in [1.165, 1.54) is 34.2 Å². The van der Waals surface area contributed by atoms with Gasteiger partial charge in [0.05, 0.1) is 16.3 Å². The van der Waals surface area contributed by atoms with Crippen LogP contribution in [0.4, 0.5) is 0 Å². The number of aromatic nitrogens is 3. The monoisotopic (exact) mass is 479 g/mol. The summed E-state index contributed by atoms with van der Waals surface area (Å²) >= 11 is 0. The van der Waals surface area contributed by atoms with E-state index in [1.54, 1.807) is 7.05 Å². The minimum Gasteiger partial charge on any atom is -0.408 e. The van der Waals surface area contributed by atoms with Crippen molar-refractivity contribution in [2.24, 2.45) is 13.0 Å². The van der Waals surface area contributed by atoms with Crippen LogP contribution >= 0.6 is 0 Å². The zero-order valence-electron chi connectivity index (χ0n) is 18.3. The van der Waals surface area contributed by atoms with E-state index in [9.17, 15) is 18.0 Å². The molecular weight excluding hydrogens is 454 g/mol. The summed E-state index contributed by atoms with van der Waals surface area (Å²) in [6.45, 7) is 0.909. The number of carbonyl (C=O) groups excluding carboxylic acids is 1. The highest BCUT2D eigenvalue weighted by Crippen LogP contribution is 2.26. The Labute approximate surface area is 189 Å². The van der Waals surface area contributed by atoms with Crippen molar-refractivity contribution in [2.45, 2.75) is 30.8 Å². The Kier molecular flexibility index (Phi) is 6.63. The molecule has 4 rings (SSSR count). The number of sulfonamides is 1. The largest absolute Gasteiger partial charge is 0.419 e. The number of fused-ring (bicyclic) bond motifs is 1. The van der Waals surface area contributed by atoms with Gasteiger partial charge >= 0.3 is 5.76 Å². The molecule has 0 spiro atoms. The fraction of sp³-hybridized carbons (Fsp3) is 0.500. The molecule has 1 aliphatic heterocycles. The Morgan fingerprint density at radius 1 is 1.36 bits per heavy atom. The van der Waals surface area contributed by atoms with E-state index in [1.807, 2.05) is 0 Å². The number of hydrogen-bond donors (Lipinski definition) is 1. The number of amides is 1. The molecule has 0 radical (unpaired) electrons. The third-order valence-corrected chi connectivity index (χ3v) is 7.44. The van der Waals surface area contributed by atoms with Crippen molar-refractivity contribution in [2.75, 3.05) is 26.7 Å². The molecule has 13 heteroatoms. The van der Waals surface area contributed by atoms with E-state index in [0.717, 1.165) is 0 Å². The van der Waals surface area contributed by atoms with Gasteiger partial charge in [0.1, 0.15) is 6.61 Å². The number of methoxy groups -OCH3 is 1. The maximum atomic E-state index is 13.2. The molecule has 178 valence electrons. The highest BCUT2D eigenvalue weighted by molar-refractivity contribution is 7.89. The number of hydrogen-bond acceptors (Lipinski definition) is 9. The maximum absolute atomic E-state index is 13.2. The van der Waals surface area contributed by atoms with Gasteiger partial charge in [-0.2, -0.15) is 9.29 Å². The van der Waals surface area contributed by atoms with E-state index in [2.05, 4.69) is 15.5 Å². The molecule has 1 aromatic carbocycles. The summed E-state index contributed by atoms with van der Waals surface area (Å²) in [7, 11) is -0.780. The summed E-state index contributed by atoms with van der Waals surface area (Å²) < 4.78 is 44.0. The average molecular weight is 480 g/mol. The van der Waals surface area contributed by atoms with Gasteiger partial charge in [0.25, 0.3) is 5.89 Å². The predicted molar refractivity (Wildman–Crippen MR) is 115 cm³/mol. The van der Waals surface area contributed by atoms with Crippen LogP contribution in [0, 0.1) is 5.92 Å². The average Bonchev–Trinajstić information content (AvgIpc) is 3.37. The lowest BCUT2D eigenvalue weighted by Gasteiger charge is -2.31. The van der Waals surface area contributed by atoms with E-state index in [0.29, 0.717) is 49.6 Å². The van der Waals surface area contributed by atoms with Crippen molar-refractivity contribution in [3.8, 4) is 0 Å². The van der Waals surface area contributed by atoms with Crippen LogP contribution in [0.2, 0.25) is 0 Å². The first-order valence-corrected chi connectivity index (χ1v) is 11.9. The minimum atomic E-state index is -3.85. The van der Waals surface area contributed by atoms with E-state index >= 15 is 0 Å². The standard InChI is InChI=1S/C20H25N5O7S/c1-24-15-6-5-14(10-16(15)31-20(24)27)33(28,29)25-9-3-4-13(11-25)19(26)21-8-7-17-22-18(12-30-2)32-23-17/h5-6,10,13H,3-4,7-9,11-12H2,1-2H3,(H,21,26). The molecular formula is C20H25N5O7S. The van der Waals surface area contributed by atoms with Crippen LogP contribution in [0.5, 0.6) is 0 Å². The Bertz CT molecular complexity index is 1310. The number of piperidine rings is 1. The highest BCUT2D eigenvalue weighted by Gasteiger charge is 2.33. The van der Waals surface area contributed by atoms with Gasteiger partial charge in [0.15, 0.2) is 11.4 Å². The molecule has 1 fully saturated rings. The molecule has 3 heterocycles. The number of ether oxygens (including phenoxy) is 1. The van der Waals surface area contributed by atoms with E-state index < -0.39 is 21.7 Å². The lowest BCUT2D eigenvalue weighted by Crippen LogP contribution is -2.45. The highest BCUT2D eigenvalue weighted by atomic mass is 32.2. The van der Waals surface area contributed by atoms with Crippen molar-refractivity contribution >= 4 is 27.0 Å². The van der Waals surface area contributed by atoms with Gasteiger partial charge < -0.3 is 19.0 Å². The van der Waals surface area contributed by atoms with Crippen LogP contribution in [-0.2, 0) is 39.6 Å². The minimum absolute atomic E-state index is 0.0226. The quantitative estimate of drug-likeness (QED) is 0.485. The zero-order valence-corrected chi connectivity index (χ0v) is 19.1. The Morgan fingerprint density at radius 3 is 2.97 bits per heavy atom. The molecule has 1 amide bonds. The molecule has 1 saturated heterocycles. The van der Waals surface area contributed by atoms with Crippen molar-refractivity contribution in [1.82, 2.24) is 24.3 Å². The third kappa shape index (κ3) is 4.84. The van der Waals surface area contributed by atoms with Crippen molar-refractivity contribution < 1.29 is 26.9 Å². The molecule has 1 unspecified atom stereocenters. The Hall–Kier alpha value is -3.03. The SMILES string of the molecule is COCc1nc(CCNC(=O)C2CCCN(S(=O)(=O)c3ccc4c(c3)oc(=O)n4C)C2)no1. The number of aryl methyl sites for hydroxylation is 1. The van der Waals surface area contributed by atoms with Gasteiger partial charge in [-0.25, -0.2) is 13.2 Å². The second-order valence-corrected chi connectivity index (χ2v) is 9.78. The van der Waals surface area contributed by atoms with Crippen LogP contribution in [0.15, 0.2) is 36.8 Å². The van der Waals surface area contributed by atoms with E-state index in [4.69, 9.17) is 13.7 Å². The fourth-order valence-corrected chi connectivity index (χ4v) is 5.35. The fourth-order valence-electron chi connectivity index (χ4n) is 3.81. The number of nitrogens with zero attached hydrogens (tertiary/aromatic N) is 4. The molecule has 2 aromatic heterocycles. The van der Waals surface area contributed by atoms with E-state index in [-0.39, 0.29) is 29.5 Å². The first-order valence-electron chi connectivity index (χ1n) is 10.5. The number of carbonyl (C=O) groups is 1. The Morgan fingerprint density at radius 2 is 2.18 bits per heavy atom. The number of rotatable bonds is 8. The second-order valence-electron chi connectivity index (χ2n) is 7.84. The summed E-state index contributed by atoms with van der Waals surface area (Å²) in [5.74, 6) is -0.440. The summed E-state index contributed by atoms with van der Waals surface area (Å²) in [6, 6.07) is 4.33. The lowest BCUT2D eigenvalue weighted by atomic mass is 9.99. The lowest BCUT2D eigenvalue weighted by molar-refractivity contribution is -0.126. The maximum Gasteiger partial charge on any atom is 0.419 e. The molecule has 0 aliphatic carbocycles. The first-order chi connectivity index (χ1) is 15.8. The third-order valence-electron chi connectivity index (χ3n) is 5.58. The van der Waals surface area contributed by atoms with Crippen LogP contribution in [0.25, 0.3) is 11.1 Å². The summed E-state index contributed by atoms with van der Waals surface area (Å²) in [6.07, 6.45) is 1.53. The van der Waals surface area contributed by atoms with Crippen molar-refractivity contribution in [1.29, 1.82) is 0 Å². The number of nitrogens with one attached hydrogen (secondary N) is 1. The topological polar surface area (TPSA) is 150 Å². The molecule has 1 atom stereocenters. The summed E-state index contributed by atoms with van der Waals surface area (Å²) in [5, 5.41) is 6.64. The van der Waals surface area contributed by atoms with Crippen molar-refractivity contribution in [3.63, 3.8) is 0 Å². The van der Waals surface area contributed by atoms with Crippen LogP contribution in [0.3, 0.4) is 0 Å². The van der Waals surface area contributed by atoms with Gasteiger partial charge in [-0.15, -0.1) is 0 Å². The molecule has 12 nitrogen and oxygen atoms in total. The molecule has 3 aromatic rings. The van der Waals surface area contributed by atoms with Gasteiger partial charge in [-0.05, 0) is 25.0 Å². The van der Waals surface area contributed by atoms with Gasteiger partial charge in [0.2, 0.25) is 15.9 Å². The molecule has 0 saturated carbocycles. The normalized spacial score (nSPS) is 17.5. The van der Waals surface area contributed by atoms with Gasteiger partial charge in [-0.1, -0.05) is 5.16 Å². The number of oxazole rings is 1. The smallest absolute Gasteiger partial charge is 0.408 e. The summed E-state index contributed by atoms with van der Waals surface area (Å²) in [4.78, 5) is 28.5. The second kappa shape index (κ2) is 9.45. The van der Waals surface area contributed by atoms with Crippen LogP contribution in [0.1, 0.15) is 24.6 Å². The van der Waals surface area contributed by atoms with Crippen LogP contribution < -0.4 is 11.1 Å². The number of benzene rings is 1. The summed E-state index contributed by atoms with van der Waals surface area (Å²) in [5.41, 5.74) is 0.704. The molecule has 1 N–H and O–H groups in total. The molecule has 33 heavy (non-hydrogen) atoms. The molecule has 1 aliphatic rings. The predicted octanol–water partition coefficient (Wildman–Crippen LogP) is 0.421.